The van der Waals surface area contributed by atoms with Crippen LogP contribution in [0.1, 0.15) is 66.7 Å². The second kappa shape index (κ2) is 7.65. The second-order valence-electron chi connectivity index (χ2n) is 5.96. The van der Waals surface area contributed by atoms with Crippen molar-refractivity contribution >= 4 is 6.29 Å². The van der Waals surface area contributed by atoms with Crippen LogP contribution in [0.15, 0.2) is 11.6 Å². The lowest BCUT2D eigenvalue weighted by molar-refractivity contribution is -0.115. The van der Waals surface area contributed by atoms with Crippen molar-refractivity contribution in [2.75, 3.05) is 0 Å². The van der Waals surface area contributed by atoms with Gasteiger partial charge in [0.2, 0.25) is 0 Å². The van der Waals surface area contributed by atoms with E-state index in [1.807, 2.05) is 13.8 Å². The maximum absolute atomic E-state index is 10.7. The number of allylic oxidation sites excluding steroid dienone is 2. The molecule has 1 nitrogen and oxygen atoms in total. The molecule has 0 aliphatic carbocycles. The molecule has 0 aliphatic rings. The third-order valence-corrected chi connectivity index (χ3v) is 3.05. The fourth-order valence-corrected chi connectivity index (χ4v) is 1.77. The molecule has 94 valence electrons. The number of rotatable bonds is 8. The first-order chi connectivity index (χ1) is 7.37. The van der Waals surface area contributed by atoms with Gasteiger partial charge in [0.25, 0.3) is 0 Å². The van der Waals surface area contributed by atoms with Crippen LogP contribution in [0.25, 0.3) is 0 Å². The third kappa shape index (κ3) is 8.70. The van der Waals surface area contributed by atoms with E-state index < -0.39 is 0 Å². The summed E-state index contributed by atoms with van der Waals surface area (Å²) in [7, 11) is 0. The summed E-state index contributed by atoms with van der Waals surface area (Å²) in [6.07, 6.45) is 9.29. The zero-order valence-electron chi connectivity index (χ0n) is 11.7. The Morgan fingerprint density at radius 3 is 2.38 bits per heavy atom. The Labute approximate surface area is 101 Å². The van der Waals surface area contributed by atoms with Gasteiger partial charge < -0.3 is 4.79 Å². The molecule has 0 saturated carbocycles. The summed E-state index contributed by atoms with van der Waals surface area (Å²) in [5.41, 5.74) is 1.29. The summed E-state index contributed by atoms with van der Waals surface area (Å²) in [4.78, 5) is 10.7. The Balaban J connectivity index is 3.62. The van der Waals surface area contributed by atoms with E-state index in [-0.39, 0.29) is 5.41 Å². The summed E-state index contributed by atoms with van der Waals surface area (Å²) in [6, 6.07) is 0. The summed E-state index contributed by atoms with van der Waals surface area (Å²) in [6.45, 7) is 10.7. The fourth-order valence-electron chi connectivity index (χ4n) is 1.77. The molecule has 0 aromatic rings. The number of hydrogen-bond acceptors (Lipinski definition) is 1. The van der Waals surface area contributed by atoms with Gasteiger partial charge in [-0.25, -0.2) is 0 Å². The largest absolute Gasteiger partial charge is 0.303 e. The summed E-state index contributed by atoms with van der Waals surface area (Å²) in [5, 5.41) is 0. The molecule has 1 atom stereocenters. The van der Waals surface area contributed by atoms with Gasteiger partial charge in [0, 0.05) is 5.41 Å². The maximum atomic E-state index is 10.7. The lowest BCUT2D eigenvalue weighted by atomic mass is 9.87. The van der Waals surface area contributed by atoms with Crippen molar-refractivity contribution in [3.8, 4) is 0 Å². The molecule has 16 heavy (non-hydrogen) atoms. The van der Waals surface area contributed by atoms with Crippen molar-refractivity contribution in [2.45, 2.75) is 66.7 Å². The Morgan fingerprint density at radius 1 is 1.25 bits per heavy atom. The van der Waals surface area contributed by atoms with E-state index in [1.54, 1.807) is 0 Å². The monoisotopic (exact) mass is 224 g/mol. The molecule has 0 aliphatic heterocycles. The standard InChI is InChI=1S/C15H28O/c1-13(2)8-6-9-14(3)10-7-11-15(4,5)12-16/h8,12,14H,6-7,9-11H2,1-5H3. The van der Waals surface area contributed by atoms with Crippen LogP contribution in [-0.2, 0) is 4.79 Å². The van der Waals surface area contributed by atoms with Crippen LogP contribution in [0.5, 0.6) is 0 Å². The molecule has 0 saturated heterocycles. The molecule has 0 N–H and O–H groups in total. The van der Waals surface area contributed by atoms with Crippen LogP contribution >= 0.6 is 0 Å². The van der Waals surface area contributed by atoms with Gasteiger partial charge in [-0.1, -0.05) is 45.3 Å². The highest BCUT2D eigenvalue weighted by molar-refractivity contribution is 5.57. The normalized spacial score (nSPS) is 13.3. The molecule has 0 aromatic heterocycles. The van der Waals surface area contributed by atoms with Gasteiger partial charge in [-0.15, -0.1) is 0 Å². The van der Waals surface area contributed by atoms with Crippen LogP contribution in [0.4, 0.5) is 0 Å². The molecule has 0 heterocycles. The molecule has 0 bridgehead atoms. The Morgan fingerprint density at radius 2 is 1.88 bits per heavy atom. The first-order valence-electron chi connectivity index (χ1n) is 6.47. The van der Waals surface area contributed by atoms with Gasteiger partial charge in [0.1, 0.15) is 6.29 Å². The Kier molecular flexibility index (Phi) is 7.36. The number of aldehydes is 1. The first kappa shape index (κ1) is 15.4. The average molecular weight is 224 g/mol. The second-order valence-corrected chi connectivity index (χ2v) is 5.96. The lowest BCUT2D eigenvalue weighted by Crippen LogP contribution is -2.12. The molecule has 0 rings (SSSR count). The van der Waals surface area contributed by atoms with E-state index in [2.05, 4.69) is 26.8 Å². The van der Waals surface area contributed by atoms with Crippen molar-refractivity contribution < 1.29 is 4.79 Å². The minimum absolute atomic E-state index is 0.125. The van der Waals surface area contributed by atoms with Gasteiger partial charge in [-0.2, -0.15) is 0 Å². The van der Waals surface area contributed by atoms with Gasteiger partial charge in [0.15, 0.2) is 0 Å². The Hall–Kier alpha value is -0.590. The highest BCUT2D eigenvalue weighted by atomic mass is 16.1. The molecule has 1 unspecified atom stereocenters. The van der Waals surface area contributed by atoms with E-state index in [1.165, 1.54) is 31.3 Å². The van der Waals surface area contributed by atoms with E-state index in [4.69, 9.17) is 0 Å². The smallest absolute Gasteiger partial charge is 0.125 e. The molecule has 0 radical (unpaired) electrons. The molecule has 0 amide bonds. The van der Waals surface area contributed by atoms with Crippen LogP contribution in [-0.4, -0.2) is 6.29 Å². The highest BCUT2D eigenvalue weighted by Crippen LogP contribution is 2.23. The maximum Gasteiger partial charge on any atom is 0.125 e. The molecular formula is C15H28O. The molecule has 1 heteroatoms. The molecular weight excluding hydrogens is 196 g/mol. The number of carbonyl (C=O) groups is 1. The number of carbonyl (C=O) groups excluding carboxylic acids is 1. The van der Waals surface area contributed by atoms with Gasteiger partial charge in [0.05, 0.1) is 0 Å². The predicted molar refractivity (Wildman–Crippen MR) is 71.5 cm³/mol. The van der Waals surface area contributed by atoms with Crippen LogP contribution in [0, 0.1) is 11.3 Å². The minimum atomic E-state index is -0.125. The number of hydrogen-bond donors (Lipinski definition) is 0. The van der Waals surface area contributed by atoms with Crippen molar-refractivity contribution in [2.24, 2.45) is 11.3 Å². The zero-order valence-corrected chi connectivity index (χ0v) is 11.7. The third-order valence-electron chi connectivity index (χ3n) is 3.05. The first-order valence-corrected chi connectivity index (χ1v) is 6.47. The average Bonchev–Trinajstić information content (AvgIpc) is 2.17. The van der Waals surface area contributed by atoms with E-state index in [9.17, 15) is 4.79 Å². The topological polar surface area (TPSA) is 17.1 Å². The van der Waals surface area contributed by atoms with Crippen molar-refractivity contribution in [1.29, 1.82) is 0 Å². The van der Waals surface area contributed by atoms with Gasteiger partial charge in [-0.3, -0.25) is 0 Å². The van der Waals surface area contributed by atoms with E-state index in [0.717, 1.165) is 18.6 Å². The van der Waals surface area contributed by atoms with Crippen molar-refractivity contribution in [3.05, 3.63) is 11.6 Å². The molecule has 0 spiro atoms. The van der Waals surface area contributed by atoms with Gasteiger partial charge in [-0.05, 0) is 39.0 Å². The zero-order chi connectivity index (χ0) is 12.6. The van der Waals surface area contributed by atoms with Crippen molar-refractivity contribution in [3.63, 3.8) is 0 Å². The minimum Gasteiger partial charge on any atom is -0.303 e. The highest BCUT2D eigenvalue weighted by Gasteiger charge is 2.16. The van der Waals surface area contributed by atoms with E-state index in [0.29, 0.717) is 0 Å². The van der Waals surface area contributed by atoms with Crippen molar-refractivity contribution in [1.82, 2.24) is 0 Å². The summed E-state index contributed by atoms with van der Waals surface area (Å²) in [5.74, 6) is 0.776. The summed E-state index contributed by atoms with van der Waals surface area (Å²) >= 11 is 0. The molecule has 0 fully saturated rings. The Bertz CT molecular complexity index is 222. The molecule has 0 aromatic carbocycles. The lowest BCUT2D eigenvalue weighted by Gasteiger charge is -2.17. The quantitative estimate of drug-likeness (QED) is 0.429. The SMILES string of the molecule is CC(C)=CCCC(C)CCCC(C)(C)C=O. The van der Waals surface area contributed by atoms with Crippen LogP contribution in [0.2, 0.25) is 0 Å². The fraction of sp³-hybridized carbons (Fsp3) is 0.800. The van der Waals surface area contributed by atoms with Crippen LogP contribution in [0.3, 0.4) is 0 Å². The predicted octanol–water partition coefficient (Wildman–Crippen LogP) is 4.76. The van der Waals surface area contributed by atoms with E-state index >= 15 is 0 Å². The van der Waals surface area contributed by atoms with Gasteiger partial charge >= 0.3 is 0 Å². The van der Waals surface area contributed by atoms with Crippen LogP contribution < -0.4 is 0 Å². The summed E-state index contributed by atoms with van der Waals surface area (Å²) < 4.78 is 0.